The summed E-state index contributed by atoms with van der Waals surface area (Å²) in [6, 6.07) is 4.31. The van der Waals surface area contributed by atoms with Crippen LogP contribution in [-0.4, -0.2) is 19.3 Å². The molecule has 1 aliphatic carbocycles. The fourth-order valence-electron chi connectivity index (χ4n) is 1.85. The Morgan fingerprint density at radius 3 is 2.39 bits per heavy atom. The lowest BCUT2D eigenvalue weighted by Gasteiger charge is -2.40. The van der Waals surface area contributed by atoms with Crippen molar-refractivity contribution in [1.29, 1.82) is 0 Å². The van der Waals surface area contributed by atoms with Crippen LogP contribution in [0.3, 0.4) is 0 Å². The predicted octanol–water partition coefficient (Wildman–Crippen LogP) is 3.59. The van der Waals surface area contributed by atoms with Gasteiger partial charge in [-0.2, -0.15) is 0 Å². The van der Waals surface area contributed by atoms with E-state index in [4.69, 9.17) is 23.2 Å². The Kier molecular flexibility index (Phi) is 4.29. The molecule has 7 heteroatoms. The summed E-state index contributed by atoms with van der Waals surface area (Å²) in [7, 11) is -3.55. The summed E-state index contributed by atoms with van der Waals surface area (Å²) in [5.41, 5.74) is -0.356. The minimum Gasteiger partial charge on any atom is -0.207 e. The zero-order chi connectivity index (χ0) is 13.4. The van der Waals surface area contributed by atoms with E-state index in [1.165, 1.54) is 18.2 Å². The highest BCUT2D eigenvalue weighted by atomic mass is 79.9. The van der Waals surface area contributed by atoms with Gasteiger partial charge in [0.25, 0.3) is 0 Å². The van der Waals surface area contributed by atoms with Crippen LogP contribution in [0.1, 0.15) is 19.3 Å². The van der Waals surface area contributed by atoms with Crippen molar-refractivity contribution in [2.45, 2.75) is 29.7 Å². The molecule has 0 radical (unpaired) electrons. The van der Waals surface area contributed by atoms with Crippen molar-refractivity contribution in [2.75, 3.05) is 5.33 Å². The van der Waals surface area contributed by atoms with E-state index in [1.807, 2.05) is 0 Å². The van der Waals surface area contributed by atoms with Crippen LogP contribution in [0.15, 0.2) is 23.1 Å². The van der Waals surface area contributed by atoms with Gasteiger partial charge in [-0.25, -0.2) is 13.1 Å². The molecular weight excluding hydrogens is 361 g/mol. The van der Waals surface area contributed by atoms with Crippen LogP contribution in [0.4, 0.5) is 0 Å². The lowest BCUT2D eigenvalue weighted by atomic mass is 9.80. The van der Waals surface area contributed by atoms with E-state index in [2.05, 4.69) is 20.7 Å². The molecule has 0 saturated heterocycles. The van der Waals surface area contributed by atoms with Gasteiger partial charge in [-0.15, -0.1) is 0 Å². The number of alkyl halides is 1. The van der Waals surface area contributed by atoms with Crippen molar-refractivity contribution in [3.8, 4) is 0 Å². The highest BCUT2D eigenvalue weighted by molar-refractivity contribution is 9.09. The van der Waals surface area contributed by atoms with Crippen LogP contribution in [0.5, 0.6) is 0 Å². The summed E-state index contributed by atoms with van der Waals surface area (Å²) in [4.78, 5) is 0.143. The zero-order valence-electron chi connectivity index (χ0n) is 9.42. The van der Waals surface area contributed by atoms with E-state index >= 15 is 0 Å². The fraction of sp³-hybridized carbons (Fsp3) is 0.455. The average Bonchev–Trinajstić information content (AvgIpc) is 2.27. The van der Waals surface area contributed by atoms with Gasteiger partial charge >= 0.3 is 0 Å². The maximum absolute atomic E-state index is 12.2. The Bertz CT molecular complexity index is 553. The summed E-state index contributed by atoms with van der Waals surface area (Å²) >= 11 is 15.0. The summed E-state index contributed by atoms with van der Waals surface area (Å²) in [6.07, 6.45) is 2.73. The standard InChI is InChI=1S/C11H12BrCl2NO2S/c12-7-11(4-1-5-11)15-18(16,17)8-2-3-9(13)10(14)6-8/h2-3,6,15H,1,4-5,7H2. The molecule has 1 aromatic rings. The number of sulfonamides is 1. The molecular formula is C11H12BrCl2NO2S. The maximum Gasteiger partial charge on any atom is 0.241 e. The third-order valence-corrected chi connectivity index (χ3v) is 6.51. The Morgan fingerprint density at radius 1 is 1.28 bits per heavy atom. The largest absolute Gasteiger partial charge is 0.241 e. The molecule has 3 nitrogen and oxygen atoms in total. The molecule has 1 aliphatic rings. The fourth-order valence-corrected chi connectivity index (χ4v) is 4.59. The normalized spacial score (nSPS) is 18.4. The van der Waals surface area contributed by atoms with E-state index in [9.17, 15) is 8.42 Å². The van der Waals surface area contributed by atoms with Crippen molar-refractivity contribution in [1.82, 2.24) is 4.72 Å². The van der Waals surface area contributed by atoms with Crippen LogP contribution in [0, 0.1) is 0 Å². The summed E-state index contributed by atoms with van der Waals surface area (Å²) in [5.74, 6) is 0. The first-order chi connectivity index (χ1) is 8.38. The number of hydrogen-bond acceptors (Lipinski definition) is 2. The molecule has 0 bridgehead atoms. The molecule has 100 valence electrons. The average molecular weight is 373 g/mol. The van der Waals surface area contributed by atoms with Crippen LogP contribution < -0.4 is 4.72 Å². The first-order valence-corrected chi connectivity index (χ1v) is 8.80. The molecule has 0 unspecified atom stereocenters. The van der Waals surface area contributed by atoms with Gasteiger partial charge in [0.05, 0.1) is 14.9 Å². The highest BCUT2D eigenvalue weighted by Crippen LogP contribution is 2.35. The number of hydrogen-bond donors (Lipinski definition) is 1. The quantitative estimate of drug-likeness (QED) is 0.821. The van der Waals surface area contributed by atoms with Crippen molar-refractivity contribution in [3.63, 3.8) is 0 Å². The third-order valence-electron chi connectivity index (χ3n) is 3.12. The molecule has 0 heterocycles. The van der Waals surface area contributed by atoms with Gasteiger partial charge in [0.2, 0.25) is 10.0 Å². The molecule has 2 rings (SSSR count). The molecule has 0 atom stereocenters. The number of halogens is 3. The Balaban J connectivity index is 2.28. The van der Waals surface area contributed by atoms with Gasteiger partial charge in [0, 0.05) is 10.9 Å². The van der Waals surface area contributed by atoms with Crippen molar-refractivity contribution >= 4 is 49.2 Å². The second-order valence-electron chi connectivity index (χ2n) is 4.45. The Labute approximate surface area is 125 Å². The maximum atomic E-state index is 12.2. The van der Waals surface area contributed by atoms with E-state index in [0.29, 0.717) is 10.4 Å². The van der Waals surface area contributed by atoms with Crippen LogP contribution in [0.2, 0.25) is 10.0 Å². The highest BCUT2D eigenvalue weighted by Gasteiger charge is 2.39. The van der Waals surface area contributed by atoms with Gasteiger partial charge in [-0.1, -0.05) is 39.1 Å². The summed E-state index contributed by atoms with van der Waals surface area (Å²) in [5, 5.41) is 1.19. The SMILES string of the molecule is O=S(=O)(NC1(CBr)CCC1)c1ccc(Cl)c(Cl)c1. The molecule has 1 fully saturated rings. The molecule has 1 N–H and O–H groups in total. The first kappa shape index (κ1) is 14.6. The van der Waals surface area contributed by atoms with Gasteiger partial charge in [-0.3, -0.25) is 0 Å². The minimum atomic E-state index is -3.55. The van der Waals surface area contributed by atoms with Crippen LogP contribution in [0.25, 0.3) is 0 Å². The number of nitrogens with one attached hydrogen (secondary N) is 1. The molecule has 0 aliphatic heterocycles. The molecule has 1 aromatic carbocycles. The summed E-state index contributed by atoms with van der Waals surface area (Å²) < 4.78 is 27.2. The predicted molar refractivity (Wildman–Crippen MR) is 77.2 cm³/mol. The van der Waals surface area contributed by atoms with Crippen molar-refractivity contribution < 1.29 is 8.42 Å². The van der Waals surface area contributed by atoms with Gasteiger partial charge in [-0.05, 0) is 37.5 Å². The van der Waals surface area contributed by atoms with Crippen molar-refractivity contribution in [2.24, 2.45) is 0 Å². The van der Waals surface area contributed by atoms with Crippen LogP contribution in [-0.2, 0) is 10.0 Å². The second kappa shape index (κ2) is 5.29. The summed E-state index contributed by atoms with van der Waals surface area (Å²) in [6.45, 7) is 0. The number of rotatable bonds is 4. The molecule has 0 amide bonds. The monoisotopic (exact) mass is 371 g/mol. The second-order valence-corrected chi connectivity index (χ2v) is 7.51. The Morgan fingerprint density at radius 2 is 1.94 bits per heavy atom. The molecule has 0 spiro atoms. The van der Waals surface area contributed by atoms with Crippen LogP contribution >= 0.6 is 39.1 Å². The van der Waals surface area contributed by atoms with E-state index in [-0.39, 0.29) is 15.5 Å². The lowest BCUT2D eigenvalue weighted by molar-refractivity contribution is 0.256. The minimum absolute atomic E-state index is 0.143. The topological polar surface area (TPSA) is 46.2 Å². The van der Waals surface area contributed by atoms with E-state index < -0.39 is 10.0 Å². The third kappa shape index (κ3) is 2.85. The van der Waals surface area contributed by atoms with E-state index in [1.54, 1.807) is 0 Å². The van der Waals surface area contributed by atoms with Gasteiger partial charge in [0.1, 0.15) is 0 Å². The number of benzene rings is 1. The van der Waals surface area contributed by atoms with E-state index in [0.717, 1.165) is 19.3 Å². The Hall–Kier alpha value is 0.190. The van der Waals surface area contributed by atoms with Crippen molar-refractivity contribution in [3.05, 3.63) is 28.2 Å². The lowest BCUT2D eigenvalue weighted by Crippen LogP contribution is -2.54. The van der Waals surface area contributed by atoms with Gasteiger partial charge < -0.3 is 0 Å². The van der Waals surface area contributed by atoms with Gasteiger partial charge in [0.15, 0.2) is 0 Å². The molecule has 18 heavy (non-hydrogen) atoms. The molecule has 1 saturated carbocycles. The first-order valence-electron chi connectivity index (χ1n) is 5.44. The smallest absolute Gasteiger partial charge is 0.207 e. The molecule has 0 aromatic heterocycles. The zero-order valence-corrected chi connectivity index (χ0v) is 13.3.